The molecule has 0 aliphatic carbocycles. The van der Waals surface area contributed by atoms with Crippen LogP contribution in [-0.4, -0.2) is 39.7 Å². The fourth-order valence-corrected chi connectivity index (χ4v) is 3.04. The Balaban J connectivity index is 1.65. The van der Waals surface area contributed by atoms with Crippen LogP contribution < -0.4 is 15.4 Å². The normalized spacial score (nSPS) is 11.0. The first kappa shape index (κ1) is 23.5. The maximum Gasteiger partial charge on any atom is 0.255 e. The van der Waals surface area contributed by atoms with Crippen LogP contribution in [0.4, 0.5) is 11.4 Å². The Morgan fingerprint density at radius 1 is 1.18 bits per heavy atom. The number of nitrogens with zero attached hydrogens (tertiary/aromatic N) is 3. The van der Waals surface area contributed by atoms with Crippen LogP contribution in [0.5, 0.6) is 5.75 Å². The summed E-state index contributed by atoms with van der Waals surface area (Å²) in [6, 6.07) is 14.2. The number of hydrogen-bond acceptors (Lipinski definition) is 6. The van der Waals surface area contributed by atoms with Gasteiger partial charge >= 0.3 is 0 Å². The lowest BCUT2D eigenvalue weighted by Crippen LogP contribution is -2.12. The minimum atomic E-state index is -0.217. The van der Waals surface area contributed by atoms with Crippen LogP contribution in [0.25, 0.3) is 5.70 Å². The van der Waals surface area contributed by atoms with Crippen molar-refractivity contribution in [2.45, 2.75) is 12.8 Å². The molecule has 0 atom stereocenters. The van der Waals surface area contributed by atoms with E-state index in [1.807, 2.05) is 24.3 Å². The third-order valence-corrected chi connectivity index (χ3v) is 4.71. The topological polar surface area (TPSA) is 101 Å². The molecule has 8 heteroatoms. The largest absolute Gasteiger partial charge is 0.497 e. The number of carbonyl (C=O) groups excluding carboxylic acids is 1. The molecule has 1 heterocycles. The lowest BCUT2D eigenvalue weighted by atomic mass is 10.2. The van der Waals surface area contributed by atoms with Crippen molar-refractivity contribution >= 4 is 23.0 Å². The Hall–Kier alpha value is -4.17. The molecule has 3 aromatic rings. The van der Waals surface area contributed by atoms with Crippen LogP contribution in [0, 0.1) is 0 Å². The molecular formula is C25H27N5O3. The summed E-state index contributed by atoms with van der Waals surface area (Å²) in [5.74, 6) is 0.473. The highest BCUT2D eigenvalue weighted by molar-refractivity contribution is 6.04. The minimum absolute atomic E-state index is 0.108. The molecule has 8 nitrogen and oxygen atoms in total. The van der Waals surface area contributed by atoms with Gasteiger partial charge in [-0.1, -0.05) is 24.4 Å². The summed E-state index contributed by atoms with van der Waals surface area (Å²) in [5, 5.41) is 23.3. The van der Waals surface area contributed by atoms with Crippen molar-refractivity contribution in [3.05, 3.63) is 97.0 Å². The van der Waals surface area contributed by atoms with Crippen molar-refractivity contribution in [1.29, 1.82) is 0 Å². The Morgan fingerprint density at radius 2 is 1.91 bits per heavy atom. The molecule has 1 amide bonds. The molecule has 0 aliphatic heterocycles. The third-order valence-electron chi connectivity index (χ3n) is 4.71. The maximum absolute atomic E-state index is 12.5. The molecule has 1 aromatic heterocycles. The van der Waals surface area contributed by atoms with Gasteiger partial charge in [0.1, 0.15) is 5.75 Å². The molecule has 3 N–H and O–H groups in total. The van der Waals surface area contributed by atoms with Gasteiger partial charge in [0.05, 0.1) is 24.7 Å². The van der Waals surface area contributed by atoms with E-state index in [-0.39, 0.29) is 12.5 Å². The number of ether oxygens (including phenoxy) is 1. The zero-order chi connectivity index (χ0) is 23.6. The summed E-state index contributed by atoms with van der Waals surface area (Å²) in [6.45, 7) is 7.99. The van der Waals surface area contributed by atoms with Gasteiger partial charge in [-0.25, -0.2) is 4.68 Å². The van der Waals surface area contributed by atoms with E-state index < -0.39 is 0 Å². The van der Waals surface area contributed by atoms with Crippen LogP contribution >= 0.6 is 0 Å². The number of aliphatic hydroxyl groups is 1. The molecule has 0 radical (unpaired) electrons. The van der Waals surface area contributed by atoms with Crippen molar-refractivity contribution in [2.75, 3.05) is 24.4 Å². The van der Waals surface area contributed by atoms with Gasteiger partial charge in [-0.05, 0) is 67.5 Å². The summed E-state index contributed by atoms with van der Waals surface area (Å²) >= 11 is 0. The van der Waals surface area contributed by atoms with E-state index in [0.29, 0.717) is 41.2 Å². The van der Waals surface area contributed by atoms with Gasteiger partial charge in [0.25, 0.3) is 5.91 Å². The van der Waals surface area contributed by atoms with E-state index in [4.69, 9.17) is 9.84 Å². The number of rotatable bonds is 11. The van der Waals surface area contributed by atoms with E-state index in [9.17, 15) is 4.79 Å². The Kier molecular flexibility index (Phi) is 8.15. The van der Waals surface area contributed by atoms with E-state index in [0.717, 1.165) is 11.4 Å². The first-order valence-corrected chi connectivity index (χ1v) is 10.4. The number of aliphatic hydroxyl groups excluding tert-OH is 1. The predicted molar refractivity (Wildman–Crippen MR) is 130 cm³/mol. The number of allylic oxidation sites excluding steroid dienone is 3. The quantitative estimate of drug-likeness (QED) is 0.384. The fraction of sp³-hybridized carbons (Fsp3) is 0.160. The summed E-state index contributed by atoms with van der Waals surface area (Å²) in [7, 11) is 1.58. The van der Waals surface area contributed by atoms with Crippen molar-refractivity contribution in [1.82, 2.24) is 15.0 Å². The number of hydrogen-bond donors (Lipinski definition) is 3. The SMILES string of the molecule is C=C/C(=C\C(=C)Nc1cccc(NC(=O)c2ccc(OC)cc2)c1)n1cc(CCCO)nn1. The number of methoxy groups -OCH3 is 1. The summed E-state index contributed by atoms with van der Waals surface area (Å²) in [4.78, 5) is 12.5. The molecular weight excluding hydrogens is 418 g/mol. The third kappa shape index (κ3) is 6.65. The van der Waals surface area contributed by atoms with Gasteiger partial charge in [0.2, 0.25) is 0 Å². The second kappa shape index (κ2) is 11.4. The number of aryl methyl sites for hydroxylation is 1. The van der Waals surface area contributed by atoms with E-state index in [1.165, 1.54) is 0 Å². The molecule has 33 heavy (non-hydrogen) atoms. The number of amides is 1. The van der Waals surface area contributed by atoms with Gasteiger partial charge in [0, 0.05) is 29.2 Å². The number of benzene rings is 2. The average molecular weight is 446 g/mol. The van der Waals surface area contributed by atoms with Crippen LogP contribution in [-0.2, 0) is 6.42 Å². The van der Waals surface area contributed by atoms with E-state index >= 15 is 0 Å². The van der Waals surface area contributed by atoms with Crippen molar-refractivity contribution < 1.29 is 14.6 Å². The molecule has 0 saturated carbocycles. The lowest BCUT2D eigenvalue weighted by Gasteiger charge is -2.11. The van der Waals surface area contributed by atoms with Gasteiger partial charge < -0.3 is 20.5 Å². The Morgan fingerprint density at radius 3 is 2.58 bits per heavy atom. The Bertz CT molecular complexity index is 1150. The first-order chi connectivity index (χ1) is 16.0. The highest BCUT2D eigenvalue weighted by Gasteiger charge is 2.08. The molecule has 0 unspecified atom stereocenters. The molecule has 0 aliphatic rings. The zero-order valence-corrected chi connectivity index (χ0v) is 18.5. The smallest absolute Gasteiger partial charge is 0.255 e. The molecule has 0 saturated heterocycles. The fourth-order valence-electron chi connectivity index (χ4n) is 3.04. The number of carbonyl (C=O) groups is 1. The molecule has 0 bridgehead atoms. The predicted octanol–water partition coefficient (Wildman–Crippen LogP) is 4.12. The summed E-state index contributed by atoms with van der Waals surface area (Å²) < 4.78 is 6.73. The maximum atomic E-state index is 12.5. The van der Waals surface area contributed by atoms with Gasteiger partial charge in [-0.2, -0.15) is 0 Å². The van der Waals surface area contributed by atoms with Crippen molar-refractivity contribution in [2.24, 2.45) is 0 Å². The first-order valence-electron chi connectivity index (χ1n) is 10.4. The number of nitrogens with one attached hydrogen (secondary N) is 2. The Labute approximate surface area is 192 Å². The van der Waals surface area contributed by atoms with E-state index in [2.05, 4.69) is 34.1 Å². The average Bonchev–Trinajstić information content (AvgIpc) is 3.30. The summed E-state index contributed by atoms with van der Waals surface area (Å²) in [6.07, 6.45) is 6.52. The highest BCUT2D eigenvalue weighted by Crippen LogP contribution is 2.19. The summed E-state index contributed by atoms with van der Waals surface area (Å²) in [5.41, 5.74) is 4.02. The number of aromatic nitrogens is 3. The standard InChI is InChI=1S/C25H27N5O3/c1-4-23(30-17-22(28-29-30)9-6-14-31)15-18(2)26-20-7-5-8-21(16-20)27-25(32)19-10-12-24(33-3)13-11-19/h4-5,7-8,10-13,15-17,26,31H,1-2,6,9,14H2,3H3,(H,27,32)/b23-15+. The molecule has 0 spiro atoms. The lowest BCUT2D eigenvalue weighted by molar-refractivity contribution is 0.102. The highest BCUT2D eigenvalue weighted by atomic mass is 16.5. The number of anilines is 2. The van der Waals surface area contributed by atoms with Gasteiger partial charge in [-0.15, -0.1) is 5.10 Å². The second-order valence-corrected chi connectivity index (χ2v) is 7.17. The molecule has 0 fully saturated rings. The van der Waals surface area contributed by atoms with Gasteiger partial charge in [0.15, 0.2) is 0 Å². The van der Waals surface area contributed by atoms with E-state index in [1.54, 1.807) is 54.4 Å². The van der Waals surface area contributed by atoms with Crippen LogP contribution in [0.1, 0.15) is 22.5 Å². The molecule has 3 rings (SSSR count). The minimum Gasteiger partial charge on any atom is -0.497 e. The van der Waals surface area contributed by atoms with Crippen molar-refractivity contribution in [3.63, 3.8) is 0 Å². The monoisotopic (exact) mass is 445 g/mol. The van der Waals surface area contributed by atoms with Gasteiger partial charge in [-0.3, -0.25) is 4.79 Å². The molecule has 2 aromatic carbocycles. The second-order valence-electron chi connectivity index (χ2n) is 7.17. The molecule has 170 valence electrons. The van der Waals surface area contributed by atoms with Crippen LogP contribution in [0.2, 0.25) is 0 Å². The van der Waals surface area contributed by atoms with Crippen LogP contribution in [0.15, 0.2) is 85.7 Å². The van der Waals surface area contributed by atoms with Crippen LogP contribution in [0.3, 0.4) is 0 Å². The van der Waals surface area contributed by atoms with Crippen molar-refractivity contribution in [3.8, 4) is 5.75 Å². The zero-order valence-electron chi connectivity index (χ0n) is 18.5.